The molecule has 3 saturated carbocycles. The summed E-state index contributed by atoms with van der Waals surface area (Å²) in [7, 11) is 0. The largest absolute Gasteiger partial charge is 0.466 e. The van der Waals surface area contributed by atoms with E-state index in [-0.39, 0.29) is 17.9 Å². The van der Waals surface area contributed by atoms with Crippen LogP contribution in [0.2, 0.25) is 0 Å². The fraction of sp³-hybridized carbons (Fsp3) is 0.909. The van der Waals surface area contributed by atoms with Gasteiger partial charge in [-0.05, 0) is 44.4 Å². The number of ether oxygens (including phenoxy) is 1. The van der Waals surface area contributed by atoms with E-state index in [4.69, 9.17) is 10.5 Å². The summed E-state index contributed by atoms with van der Waals surface area (Å²) in [6.07, 6.45) is 4.76. The monoisotopic (exact) mass is 197 g/mol. The molecule has 3 nitrogen and oxygen atoms in total. The molecule has 3 aliphatic carbocycles. The van der Waals surface area contributed by atoms with Gasteiger partial charge in [0.05, 0.1) is 12.5 Å². The van der Waals surface area contributed by atoms with Crippen LogP contribution in [-0.4, -0.2) is 18.6 Å². The Bertz CT molecular complexity index is 219. The average Bonchev–Trinajstić information content (AvgIpc) is 2.19. The van der Waals surface area contributed by atoms with Gasteiger partial charge in [-0.15, -0.1) is 0 Å². The first kappa shape index (κ1) is 9.97. The topological polar surface area (TPSA) is 52.3 Å². The first-order valence-corrected chi connectivity index (χ1v) is 5.66. The fourth-order valence-corrected chi connectivity index (χ4v) is 3.08. The Balaban J connectivity index is 2.06. The van der Waals surface area contributed by atoms with Gasteiger partial charge in [0.25, 0.3) is 0 Å². The Morgan fingerprint density at radius 3 is 2.36 bits per heavy atom. The van der Waals surface area contributed by atoms with Crippen LogP contribution in [0.15, 0.2) is 0 Å². The molecule has 3 rings (SSSR count). The number of carbonyl (C=O) groups excluding carboxylic acids is 1. The lowest BCUT2D eigenvalue weighted by molar-refractivity contribution is -0.155. The molecule has 2 bridgehead atoms. The zero-order chi connectivity index (χ0) is 10.1. The third-order valence-corrected chi connectivity index (χ3v) is 3.84. The molecule has 80 valence electrons. The maximum atomic E-state index is 11.7. The van der Waals surface area contributed by atoms with Crippen molar-refractivity contribution < 1.29 is 9.53 Å². The molecule has 2 N–H and O–H groups in total. The summed E-state index contributed by atoms with van der Waals surface area (Å²) in [6, 6.07) is 0.0570. The van der Waals surface area contributed by atoms with Gasteiger partial charge in [-0.25, -0.2) is 0 Å². The van der Waals surface area contributed by atoms with Crippen molar-refractivity contribution in [3.63, 3.8) is 0 Å². The SMILES string of the molecule is CCOC(=O)[C@H]1C2CCC(CC2)[C@H]1N. The second-order valence-electron chi connectivity index (χ2n) is 4.53. The van der Waals surface area contributed by atoms with Gasteiger partial charge in [0, 0.05) is 6.04 Å². The Morgan fingerprint density at radius 2 is 1.86 bits per heavy atom. The second-order valence-corrected chi connectivity index (χ2v) is 4.53. The molecule has 0 aromatic heterocycles. The molecule has 3 heteroatoms. The zero-order valence-electron chi connectivity index (χ0n) is 8.74. The highest BCUT2D eigenvalue weighted by atomic mass is 16.5. The third kappa shape index (κ3) is 1.54. The molecule has 0 radical (unpaired) electrons. The first-order valence-electron chi connectivity index (χ1n) is 5.66. The lowest BCUT2D eigenvalue weighted by Crippen LogP contribution is -2.52. The van der Waals surface area contributed by atoms with Crippen molar-refractivity contribution in [2.24, 2.45) is 23.5 Å². The highest BCUT2D eigenvalue weighted by molar-refractivity contribution is 5.74. The molecule has 0 saturated heterocycles. The predicted octanol–water partition coefficient (Wildman–Crippen LogP) is 1.31. The van der Waals surface area contributed by atoms with Gasteiger partial charge in [-0.2, -0.15) is 0 Å². The van der Waals surface area contributed by atoms with Gasteiger partial charge < -0.3 is 10.5 Å². The van der Waals surface area contributed by atoms with Crippen molar-refractivity contribution in [2.75, 3.05) is 6.61 Å². The van der Waals surface area contributed by atoms with E-state index in [1.165, 1.54) is 25.7 Å². The van der Waals surface area contributed by atoms with E-state index in [0.29, 0.717) is 18.4 Å². The van der Waals surface area contributed by atoms with Crippen LogP contribution in [0, 0.1) is 17.8 Å². The molecule has 0 spiro atoms. The van der Waals surface area contributed by atoms with Crippen LogP contribution in [0.5, 0.6) is 0 Å². The number of carbonyl (C=O) groups is 1. The summed E-state index contributed by atoms with van der Waals surface area (Å²) in [4.78, 5) is 11.7. The molecule has 0 aromatic carbocycles. The number of fused-ring (bicyclic) bond motifs is 3. The van der Waals surface area contributed by atoms with E-state index in [0.717, 1.165) is 0 Å². The molecule has 0 aliphatic heterocycles. The van der Waals surface area contributed by atoms with Crippen LogP contribution in [0.25, 0.3) is 0 Å². The van der Waals surface area contributed by atoms with Crippen LogP contribution in [0.3, 0.4) is 0 Å². The van der Waals surface area contributed by atoms with Crippen molar-refractivity contribution in [1.82, 2.24) is 0 Å². The van der Waals surface area contributed by atoms with E-state index in [1.54, 1.807) is 0 Å². The second kappa shape index (κ2) is 3.89. The summed E-state index contributed by atoms with van der Waals surface area (Å²) in [6.45, 7) is 2.32. The minimum absolute atomic E-state index is 0.0116. The fourth-order valence-electron chi connectivity index (χ4n) is 3.08. The molecule has 0 aromatic rings. The van der Waals surface area contributed by atoms with Crippen molar-refractivity contribution in [3.8, 4) is 0 Å². The summed E-state index contributed by atoms with van der Waals surface area (Å²) in [5.74, 6) is 0.986. The Hall–Kier alpha value is -0.570. The van der Waals surface area contributed by atoms with Gasteiger partial charge in [-0.1, -0.05) is 0 Å². The van der Waals surface area contributed by atoms with Gasteiger partial charge >= 0.3 is 5.97 Å². The molecular formula is C11H19NO2. The van der Waals surface area contributed by atoms with Crippen LogP contribution in [0.4, 0.5) is 0 Å². The van der Waals surface area contributed by atoms with Crippen molar-refractivity contribution >= 4 is 5.97 Å². The van der Waals surface area contributed by atoms with E-state index in [1.807, 2.05) is 6.92 Å². The number of rotatable bonds is 2. The van der Waals surface area contributed by atoms with Gasteiger partial charge in [0.1, 0.15) is 0 Å². The van der Waals surface area contributed by atoms with Crippen molar-refractivity contribution in [3.05, 3.63) is 0 Å². The average molecular weight is 197 g/mol. The van der Waals surface area contributed by atoms with Crippen molar-refractivity contribution in [1.29, 1.82) is 0 Å². The maximum absolute atomic E-state index is 11.7. The molecule has 14 heavy (non-hydrogen) atoms. The van der Waals surface area contributed by atoms with Gasteiger partial charge in [0.2, 0.25) is 0 Å². The predicted molar refractivity (Wildman–Crippen MR) is 53.5 cm³/mol. The molecule has 3 fully saturated rings. The van der Waals surface area contributed by atoms with Gasteiger partial charge in [0.15, 0.2) is 0 Å². The molecule has 2 atom stereocenters. The lowest BCUT2D eigenvalue weighted by atomic mass is 9.62. The lowest BCUT2D eigenvalue weighted by Gasteiger charge is -2.45. The molecule has 3 aliphatic rings. The number of esters is 1. The van der Waals surface area contributed by atoms with Crippen molar-refractivity contribution in [2.45, 2.75) is 38.6 Å². The zero-order valence-corrected chi connectivity index (χ0v) is 8.74. The quantitative estimate of drug-likeness (QED) is 0.679. The van der Waals surface area contributed by atoms with Crippen LogP contribution in [-0.2, 0) is 9.53 Å². The summed E-state index contributed by atoms with van der Waals surface area (Å²) in [5, 5.41) is 0. The summed E-state index contributed by atoms with van der Waals surface area (Å²) >= 11 is 0. The number of hydrogen-bond donors (Lipinski definition) is 1. The molecular weight excluding hydrogens is 178 g/mol. The highest BCUT2D eigenvalue weighted by Gasteiger charge is 2.45. The smallest absolute Gasteiger partial charge is 0.310 e. The third-order valence-electron chi connectivity index (χ3n) is 3.84. The van der Waals surface area contributed by atoms with E-state index >= 15 is 0 Å². The summed E-state index contributed by atoms with van der Waals surface area (Å²) < 4.78 is 5.09. The van der Waals surface area contributed by atoms with Crippen LogP contribution < -0.4 is 5.73 Å². The maximum Gasteiger partial charge on any atom is 0.310 e. The molecule has 0 unspecified atom stereocenters. The van der Waals surface area contributed by atoms with E-state index in [2.05, 4.69) is 0 Å². The number of nitrogens with two attached hydrogens (primary N) is 1. The normalized spacial score (nSPS) is 41.0. The summed E-state index contributed by atoms with van der Waals surface area (Å²) in [5.41, 5.74) is 6.09. The minimum Gasteiger partial charge on any atom is -0.466 e. The minimum atomic E-state index is -0.0607. The number of hydrogen-bond acceptors (Lipinski definition) is 3. The Labute approximate surface area is 85.0 Å². The Kier molecular flexibility index (Phi) is 2.77. The highest BCUT2D eigenvalue weighted by Crippen LogP contribution is 2.44. The van der Waals surface area contributed by atoms with E-state index in [9.17, 15) is 4.79 Å². The van der Waals surface area contributed by atoms with Gasteiger partial charge in [-0.3, -0.25) is 4.79 Å². The van der Waals surface area contributed by atoms with Crippen LogP contribution >= 0.6 is 0 Å². The standard InChI is InChI=1S/C11H19NO2/c1-2-14-11(13)9-7-3-5-8(6-4-7)10(9)12/h7-10H,2-6,12H2,1H3/t7?,8?,9-,10+/m0/s1. The Morgan fingerprint density at radius 1 is 1.29 bits per heavy atom. The molecule has 0 amide bonds. The van der Waals surface area contributed by atoms with Crippen LogP contribution in [0.1, 0.15) is 32.6 Å². The first-order chi connectivity index (χ1) is 6.74. The van der Waals surface area contributed by atoms with E-state index < -0.39 is 0 Å². The molecule has 0 heterocycles.